The fraction of sp³-hybridized carbons (Fsp3) is 0.176. The van der Waals surface area contributed by atoms with Gasteiger partial charge in [0.2, 0.25) is 5.89 Å². The second-order valence-corrected chi connectivity index (χ2v) is 7.65. The fourth-order valence-electron chi connectivity index (χ4n) is 2.47. The monoisotopic (exact) mass is 370 g/mol. The van der Waals surface area contributed by atoms with Crippen molar-refractivity contribution < 1.29 is 4.52 Å². The highest BCUT2D eigenvalue weighted by atomic mass is 32.2. The van der Waals surface area contributed by atoms with Crippen LogP contribution in [0.1, 0.15) is 23.9 Å². The molecule has 4 aromatic rings. The molecular formula is C17H14N4O2S2. The van der Waals surface area contributed by atoms with Gasteiger partial charge in [-0.25, -0.2) is 4.98 Å². The Morgan fingerprint density at radius 2 is 2.00 bits per heavy atom. The van der Waals surface area contributed by atoms with Crippen molar-refractivity contribution >= 4 is 33.3 Å². The fourth-order valence-corrected chi connectivity index (χ4v) is 4.23. The average molecular weight is 370 g/mol. The van der Waals surface area contributed by atoms with Gasteiger partial charge in [-0.1, -0.05) is 35.1 Å². The number of rotatable bonds is 4. The van der Waals surface area contributed by atoms with Gasteiger partial charge in [0, 0.05) is 0 Å². The van der Waals surface area contributed by atoms with Gasteiger partial charge >= 0.3 is 0 Å². The van der Waals surface area contributed by atoms with Crippen molar-refractivity contribution in [1.29, 1.82) is 0 Å². The summed E-state index contributed by atoms with van der Waals surface area (Å²) in [5.41, 5.74) is 0.707. The van der Waals surface area contributed by atoms with Gasteiger partial charge in [0.25, 0.3) is 5.56 Å². The minimum atomic E-state index is -0.125. The van der Waals surface area contributed by atoms with Crippen molar-refractivity contribution in [3.8, 4) is 5.69 Å². The van der Waals surface area contributed by atoms with E-state index in [-0.39, 0.29) is 10.8 Å². The van der Waals surface area contributed by atoms with E-state index in [4.69, 9.17) is 9.51 Å². The van der Waals surface area contributed by atoms with E-state index in [1.165, 1.54) is 23.1 Å². The lowest BCUT2D eigenvalue weighted by molar-refractivity contribution is 0.376. The summed E-state index contributed by atoms with van der Waals surface area (Å²) in [5, 5.41) is 6.82. The van der Waals surface area contributed by atoms with Crippen LogP contribution in [0.15, 0.2) is 56.3 Å². The molecule has 0 aliphatic rings. The summed E-state index contributed by atoms with van der Waals surface area (Å²) in [4.78, 5) is 22.7. The Kier molecular flexibility index (Phi) is 4.14. The van der Waals surface area contributed by atoms with Crippen molar-refractivity contribution in [2.75, 3.05) is 0 Å². The first-order valence-corrected chi connectivity index (χ1v) is 9.42. The number of para-hydroxylation sites is 1. The minimum Gasteiger partial charge on any atom is -0.338 e. The molecule has 6 nitrogen and oxygen atoms in total. The van der Waals surface area contributed by atoms with E-state index in [9.17, 15) is 4.79 Å². The van der Waals surface area contributed by atoms with Crippen LogP contribution in [-0.2, 0) is 0 Å². The lowest BCUT2D eigenvalue weighted by Gasteiger charge is -2.13. The zero-order chi connectivity index (χ0) is 17.4. The predicted octanol–water partition coefficient (Wildman–Crippen LogP) is 3.99. The average Bonchev–Trinajstić information content (AvgIpc) is 3.25. The van der Waals surface area contributed by atoms with Crippen molar-refractivity contribution in [1.82, 2.24) is 19.7 Å². The third-order valence-corrected chi connectivity index (χ3v) is 5.50. The summed E-state index contributed by atoms with van der Waals surface area (Å²) >= 11 is 2.88. The molecule has 0 saturated heterocycles. The van der Waals surface area contributed by atoms with E-state index in [0.717, 1.165) is 10.5 Å². The first-order chi connectivity index (χ1) is 12.1. The molecule has 3 heterocycles. The maximum absolute atomic E-state index is 13.0. The van der Waals surface area contributed by atoms with E-state index in [0.29, 0.717) is 22.3 Å². The molecule has 4 rings (SSSR count). The van der Waals surface area contributed by atoms with Crippen LogP contribution in [-0.4, -0.2) is 19.7 Å². The van der Waals surface area contributed by atoms with Gasteiger partial charge in [0.05, 0.1) is 16.3 Å². The molecule has 0 spiro atoms. The number of thiophene rings is 1. The maximum Gasteiger partial charge on any atom is 0.267 e. The van der Waals surface area contributed by atoms with E-state index in [1.807, 2.05) is 48.7 Å². The molecule has 0 bridgehead atoms. The van der Waals surface area contributed by atoms with Gasteiger partial charge in [-0.2, -0.15) is 4.98 Å². The summed E-state index contributed by atoms with van der Waals surface area (Å²) in [5.74, 6) is 1.10. The number of hydrogen-bond donors (Lipinski definition) is 0. The maximum atomic E-state index is 13.0. The van der Waals surface area contributed by atoms with Crippen LogP contribution in [0.5, 0.6) is 0 Å². The highest BCUT2D eigenvalue weighted by Crippen LogP contribution is 2.34. The highest BCUT2D eigenvalue weighted by Gasteiger charge is 2.20. The van der Waals surface area contributed by atoms with Gasteiger partial charge < -0.3 is 4.52 Å². The Hall–Kier alpha value is -2.45. The smallest absolute Gasteiger partial charge is 0.267 e. The SMILES string of the molecule is Cc1noc(C(C)Sc2nc3sccc3c(=O)n2-c2ccccc2)n1. The molecule has 0 amide bonds. The van der Waals surface area contributed by atoms with Crippen LogP contribution in [0.25, 0.3) is 15.9 Å². The Morgan fingerprint density at radius 3 is 2.72 bits per heavy atom. The van der Waals surface area contributed by atoms with Gasteiger partial charge in [0.1, 0.15) is 4.83 Å². The Morgan fingerprint density at radius 1 is 1.20 bits per heavy atom. The summed E-state index contributed by atoms with van der Waals surface area (Å²) in [6, 6.07) is 11.3. The number of benzene rings is 1. The molecule has 1 aromatic carbocycles. The summed E-state index contributed by atoms with van der Waals surface area (Å²) < 4.78 is 6.89. The second kappa shape index (κ2) is 6.45. The third-order valence-electron chi connectivity index (χ3n) is 3.65. The molecule has 0 N–H and O–H groups in total. The van der Waals surface area contributed by atoms with E-state index in [2.05, 4.69) is 10.1 Å². The lowest BCUT2D eigenvalue weighted by Crippen LogP contribution is -2.21. The number of nitrogens with zero attached hydrogens (tertiary/aromatic N) is 4. The predicted molar refractivity (Wildman–Crippen MR) is 98.5 cm³/mol. The zero-order valence-corrected chi connectivity index (χ0v) is 15.2. The summed E-state index contributed by atoms with van der Waals surface area (Å²) in [7, 11) is 0. The van der Waals surface area contributed by atoms with Crippen LogP contribution in [0.4, 0.5) is 0 Å². The Bertz CT molecular complexity index is 1080. The molecule has 0 saturated carbocycles. The molecular weight excluding hydrogens is 356 g/mol. The van der Waals surface area contributed by atoms with Crippen LogP contribution in [0, 0.1) is 6.92 Å². The number of fused-ring (bicyclic) bond motifs is 1. The van der Waals surface area contributed by atoms with Crippen molar-refractivity contribution in [2.24, 2.45) is 0 Å². The van der Waals surface area contributed by atoms with Gasteiger partial charge in [-0.15, -0.1) is 11.3 Å². The Balaban J connectivity index is 1.85. The quantitative estimate of drug-likeness (QED) is 0.399. The largest absolute Gasteiger partial charge is 0.338 e. The number of hydrogen-bond acceptors (Lipinski definition) is 7. The molecule has 0 aliphatic carbocycles. The van der Waals surface area contributed by atoms with Crippen molar-refractivity contribution in [3.63, 3.8) is 0 Å². The van der Waals surface area contributed by atoms with Crippen LogP contribution >= 0.6 is 23.1 Å². The summed E-state index contributed by atoms with van der Waals surface area (Å²) in [6.45, 7) is 3.73. The zero-order valence-electron chi connectivity index (χ0n) is 13.5. The van der Waals surface area contributed by atoms with Crippen LogP contribution in [0.2, 0.25) is 0 Å². The van der Waals surface area contributed by atoms with Crippen LogP contribution in [0.3, 0.4) is 0 Å². The number of thioether (sulfide) groups is 1. The molecule has 0 radical (unpaired) electrons. The molecule has 3 aromatic heterocycles. The first kappa shape index (κ1) is 16.0. The molecule has 25 heavy (non-hydrogen) atoms. The number of aromatic nitrogens is 4. The van der Waals surface area contributed by atoms with E-state index in [1.54, 1.807) is 11.5 Å². The Labute approximate surface area is 151 Å². The molecule has 1 atom stereocenters. The standard InChI is InChI=1S/C17H14N4O2S2/c1-10(14-18-11(2)20-23-14)25-17-19-15-13(8-9-24-15)16(22)21(17)12-6-4-3-5-7-12/h3-10H,1-2H3. The topological polar surface area (TPSA) is 73.8 Å². The van der Waals surface area contributed by atoms with Crippen LogP contribution < -0.4 is 5.56 Å². The minimum absolute atomic E-state index is 0.0751. The molecule has 0 aliphatic heterocycles. The molecule has 8 heteroatoms. The molecule has 1 unspecified atom stereocenters. The molecule has 0 fully saturated rings. The normalized spacial score (nSPS) is 12.6. The number of aryl methyl sites for hydroxylation is 1. The van der Waals surface area contributed by atoms with Gasteiger partial charge in [0.15, 0.2) is 11.0 Å². The van der Waals surface area contributed by atoms with E-state index >= 15 is 0 Å². The van der Waals surface area contributed by atoms with Crippen molar-refractivity contribution in [3.05, 3.63) is 63.8 Å². The van der Waals surface area contributed by atoms with Gasteiger partial charge in [-0.3, -0.25) is 9.36 Å². The summed E-state index contributed by atoms with van der Waals surface area (Å²) in [6.07, 6.45) is 0. The second-order valence-electron chi connectivity index (χ2n) is 5.45. The lowest BCUT2D eigenvalue weighted by atomic mass is 10.3. The third kappa shape index (κ3) is 2.98. The first-order valence-electron chi connectivity index (χ1n) is 7.66. The molecule has 126 valence electrons. The van der Waals surface area contributed by atoms with E-state index < -0.39 is 0 Å². The van der Waals surface area contributed by atoms with Crippen molar-refractivity contribution in [2.45, 2.75) is 24.3 Å². The van der Waals surface area contributed by atoms with Gasteiger partial charge in [-0.05, 0) is 37.4 Å². The highest BCUT2D eigenvalue weighted by molar-refractivity contribution is 7.99.